The van der Waals surface area contributed by atoms with Crippen molar-refractivity contribution in [2.75, 3.05) is 0 Å². The standard InChI is InChI=1S/C7H6N4O/c12-11-4-2-1-3-6(11)7-8-5-9-10-7/h1-5,12H. The Bertz CT molecular complexity index is 323. The van der Waals surface area contributed by atoms with Crippen molar-refractivity contribution in [3.8, 4) is 0 Å². The highest BCUT2D eigenvalue weighted by molar-refractivity contribution is 5.59. The smallest absolute Gasteiger partial charge is 0.202 e. The highest BCUT2D eigenvalue weighted by Crippen LogP contribution is 2.18. The van der Waals surface area contributed by atoms with Gasteiger partial charge in [0.2, 0.25) is 5.82 Å². The maximum atomic E-state index is 9.29. The SMILES string of the molecule is ON1C=CC=CC1=C1N=CN=N1. The molecular weight excluding hydrogens is 156 g/mol. The summed E-state index contributed by atoms with van der Waals surface area (Å²) in [6.07, 6.45) is 8.04. The second-order valence-electron chi connectivity index (χ2n) is 2.21. The summed E-state index contributed by atoms with van der Waals surface area (Å²) in [6.45, 7) is 0. The lowest BCUT2D eigenvalue weighted by Gasteiger charge is -2.14. The third-order valence-corrected chi connectivity index (χ3v) is 1.45. The predicted octanol–water partition coefficient (Wildman–Crippen LogP) is 1.42. The van der Waals surface area contributed by atoms with Gasteiger partial charge in [-0.05, 0) is 12.2 Å². The van der Waals surface area contributed by atoms with E-state index in [0.29, 0.717) is 11.5 Å². The molecule has 0 aromatic rings. The molecule has 1 N–H and O–H groups in total. The second-order valence-corrected chi connectivity index (χ2v) is 2.21. The van der Waals surface area contributed by atoms with E-state index in [1.165, 1.54) is 12.5 Å². The first-order valence-corrected chi connectivity index (χ1v) is 3.38. The summed E-state index contributed by atoms with van der Waals surface area (Å²) in [4.78, 5) is 3.84. The Kier molecular flexibility index (Phi) is 1.56. The highest BCUT2D eigenvalue weighted by Gasteiger charge is 2.11. The number of nitrogens with zero attached hydrogens (tertiary/aromatic N) is 4. The van der Waals surface area contributed by atoms with E-state index in [9.17, 15) is 5.21 Å². The van der Waals surface area contributed by atoms with Crippen molar-refractivity contribution >= 4 is 6.34 Å². The van der Waals surface area contributed by atoms with Crippen LogP contribution >= 0.6 is 0 Å². The summed E-state index contributed by atoms with van der Waals surface area (Å²) >= 11 is 0. The maximum absolute atomic E-state index is 9.29. The minimum absolute atomic E-state index is 0.415. The van der Waals surface area contributed by atoms with Crippen molar-refractivity contribution in [2.45, 2.75) is 0 Å². The van der Waals surface area contributed by atoms with Gasteiger partial charge in [-0.1, -0.05) is 6.08 Å². The molecule has 0 unspecified atom stereocenters. The van der Waals surface area contributed by atoms with Crippen LogP contribution in [0.1, 0.15) is 0 Å². The van der Waals surface area contributed by atoms with Crippen LogP contribution in [0.15, 0.2) is 51.2 Å². The van der Waals surface area contributed by atoms with Crippen LogP contribution in [0, 0.1) is 0 Å². The van der Waals surface area contributed by atoms with Crippen LogP contribution < -0.4 is 0 Å². The molecule has 2 heterocycles. The molecule has 0 spiro atoms. The van der Waals surface area contributed by atoms with E-state index in [-0.39, 0.29) is 0 Å². The maximum Gasteiger partial charge on any atom is 0.202 e. The van der Waals surface area contributed by atoms with Gasteiger partial charge in [0, 0.05) is 6.20 Å². The fourth-order valence-corrected chi connectivity index (χ4v) is 0.916. The van der Waals surface area contributed by atoms with E-state index >= 15 is 0 Å². The van der Waals surface area contributed by atoms with Crippen molar-refractivity contribution in [2.24, 2.45) is 15.2 Å². The van der Waals surface area contributed by atoms with Crippen LogP contribution in [0.4, 0.5) is 0 Å². The van der Waals surface area contributed by atoms with Gasteiger partial charge in [-0.3, -0.25) is 5.21 Å². The average molecular weight is 162 g/mol. The molecular formula is C7H6N4O. The highest BCUT2D eigenvalue weighted by atomic mass is 16.5. The molecule has 5 heteroatoms. The number of hydroxylamine groups is 2. The fraction of sp³-hybridized carbons (Fsp3) is 0. The van der Waals surface area contributed by atoms with Gasteiger partial charge in [-0.25, -0.2) is 10.1 Å². The molecule has 2 aliphatic rings. The summed E-state index contributed by atoms with van der Waals surface area (Å²) in [5.41, 5.74) is 0.523. The van der Waals surface area contributed by atoms with Crippen molar-refractivity contribution in [3.63, 3.8) is 0 Å². The minimum atomic E-state index is 0.415. The van der Waals surface area contributed by atoms with Crippen molar-refractivity contribution in [1.82, 2.24) is 5.06 Å². The van der Waals surface area contributed by atoms with Crippen LogP contribution in [0.3, 0.4) is 0 Å². The fourth-order valence-electron chi connectivity index (χ4n) is 0.916. The molecule has 0 bridgehead atoms. The van der Waals surface area contributed by atoms with Gasteiger partial charge in [0.15, 0.2) is 0 Å². The molecule has 0 aromatic carbocycles. The lowest BCUT2D eigenvalue weighted by molar-refractivity contribution is -0.00152. The first-order chi connectivity index (χ1) is 5.88. The molecule has 0 aromatic heterocycles. The van der Waals surface area contributed by atoms with E-state index in [0.717, 1.165) is 5.06 Å². The number of aliphatic imine (C=N–C) groups is 1. The Labute approximate surface area is 68.7 Å². The van der Waals surface area contributed by atoms with Gasteiger partial charge in [0.05, 0.1) is 0 Å². The third-order valence-electron chi connectivity index (χ3n) is 1.45. The van der Waals surface area contributed by atoms with E-state index < -0.39 is 0 Å². The molecule has 0 aliphatic carbocycles. The average Bonchev–Trinajstić information content (AvgIpc) is 2.57. The molecule has 0 atom stereocenters. The van der Waals surface area contributed by atoms with E-state index in [4.69, 9.17) is 0 Å². The second kappa shape index (κ2) is 2.71. The van der Waals surface area contributed by atoms with E-state index in [1.54, 1.807) is 18.2 Å². The van der Waals surface area contributed by atoms with Gasteiger partial charge in [0.1, 0.15) is 12.0 Å². The van der Waals surface area contributed by atoms with Gasteiger partial charge in [-0.15, -0.1) is 10.2 Å². The molecule has 5 nitrogen and oxygen atoms in total. The minimum Gasteiger partial charge on any atom is -0.284 e. The zero-order chi connectivity index (χ0) is 8.39. The van der Waals surface area contributed by atoms with Gasteiger partial charge in [0.25, 0.3) is 0 Å². The van der Waals surface area contributed by atoms with Gasteiger partial charge < -0.3 is 0 Å². The summed E-state index contributed by atoms with van der Waals surface area (Å²) in [7, 11) is 0. The molecule has 60 valence electrons. The summed E-state index contributed by atoms with van der Waals surface area (Å²) in [6, 6.07) is 0. The number of hydrogen-bond acceptors (Lipinski definition) is 5. The Morgan fingerprint density at radius 1 is 1.33 bits per heavy atom. The van der Waals surface area contributed by atoms with Gasteiger partial charge in [-0.2, -0.15) is 0 Å². The topological polar surface area (TPSA) is 60.5 Å². The molecule has 0 amide bonds. The molecule has 2 rings (SSSR count). The summed E-state index contributed by atoms with van der Waals surface area (Å²) < 4.78 is 0. The molecule has 0 radical (unpaired) electrons. The normalized spacial score (nSPS) is 25.9. The zero-order valence-corrected chi connectivity index (χ0v) is 6.12. The van der Waals surface area contributed by atoms with Crippen molar-refractivity contribution in [1.29, 1.82) is 0 Å². The number of hydrogen-bond donors (Lipinski definition) is 1. The quantitative estimate of drug-likeness (QED) is 0.585. The molecule has 0 saturated carbocycles. The van der Waals surface area contributed by atoms with Crippen molar-refractivity contribution in [3.05, 3.63) is 35.9 Å². The Morgan fingerprint density at radius 2 is 2.25 bits per heavy atom. The predicted molar refractivity (Wildman–Crippen MR) is 42.3 cm³/mol. The number of azo groups is 1. The summed E-state index contributed by atoms with van der Waals surface area (Å²) in [5, 5.41) is 17.5. The molecule has 0 saturated heterocycles. The monoisotopic (exact) mass is 162 g/mol. The van der Waals surface area contributed by atoms with Crippen LogP contribution in [0.2, 0.25) is 0 Å². The van der Waals surface area contributed by atoms with Gasteiger partial charge >= 0.3 is 0 Å². The van der Waals surface area contributed by atoms with E-state index in [2.05, 4.69) is 15.2 Å². The number of allylic oxidation sites excluding steroid dienone is 3. The zero-order valence-electron chi connectivity index (χ0n) is 6.12. The molecule has 12 heavy (non-hydrogen) atoms. The number of rotatable bonds is 0. The lowest BCUT2D eigenvalue weighted by Crippen LogP contribution is -2.12. The Morgan fingerprint density at radius 3 is 2.92 bits per heavy atom. The first kappa shape index (κ1) is 6.93. The van der Waals surface area contributed by atoms with Crippen molar-refractivity contribution < 1.29 is 5.21 Å². The third kappa shape index (κ3) is 1.06. The summed E-state index contributed by atoms with van der Waals surface area (Å²) in [5.74, 6) is 0.415. The largest absolute Gasteiger partial charge is 0.284 e. The Balaban J connectivity index is 2.40. The lowest BCUT2D eigenvalue weighted by atomic mass is 10.3. The Hall–Kier alpha value is -1.75. The molecule has 2 aliphatic heterocycles. The van der Waals surface area contributed by atoms with Crippen LogP contribution in [0.25, 0.3) is 0 Å². The molecule has 0 fully saturated rings. The van der Waals surface area contributed by atoms with Crippen LogP contribution in [-0.4, -0.2) is 16.6 Å². The van der Waals surface area contributed by atoms with Crippen LogP contribution in [0.5, 0.6) is 0 Å². The van der Waals surface area contributed by atoms with E-state index in [1.807, 2.05) is 0 Å². The first-order valence-electron chi connectivity index (χ1n) is 3.38. The van der Waals surface area contributed by atoms with Crippen LogP contribution in [-0.2, 0) is 0 Å².